The van der Waals surface area contributed by atoms with E-state index in [4.69, 9.17) is 0 Å². The number of hydrogen-bond donors (Lipinski definition) is 2. The Balaban J connectivity index is 2.00. The van der Waals surface area contributed by atoms with Crippen molar-refractivity contribution in [2.45, 2.75) is 44.2 Å². The van der Waals surface area contributed by atoms with E-state index in [9.17, 15) is 9.59 Å². The Bertz CT molecular complexity index is 547. The minimum absolute atomic E-state index is 0.0636. The highest BCUT2D eigenvalue weighted by Gasteiger charge is 2.25. The predicted molar refractivity (Wildman–Crippen MR) is 98.8 cm³/mol. The number of thioether (sulfide) groups is 1. The molecule has 0 spiro atoms. The van der Waals surface area contributed by atoms with Crippen LogP contribution in [0.1, 0.15) is 42.5 Å². The summed E-state index contributed by atoms with van der Waals surface area (Å²) in [6.45, 7) is 0. The van der Waals surface area contributed by atoms with Crippen LogP contribution < -0.4 is 10.6 Å². The van der Waals surface area contributed by atoms with Gasteiger partial charge in [0.05, 0.1) is 5.56 Å². The van der Waals surface area contributed by atoms with Crippen molar-refractivity contribution in [2.24, 2.45) is 0 Å². The SMILES string of the molecule is CSCCC(NC(=O)c1ccccc1Br)C(=O)NC1CCCC1. The van der Waals surface area contributed by atoms with Gasteiger partial charge in [0, 0.05) is 10.5 Å². The first-order chi connectivity index (χ1) is 11.1. The molecule has 0 heterocycles. The second-order valence-electron chi connectivity index (χ2n) is 5.78. The molecule has 4 nitrogen and oxygen atoms in total. The van der Waals surface area contributed by atoms with E-state index in [0.717, 1.165) is 23.1 Å². The minimum Gasteiger partial charge on any atom is -0.352 e. The van der Waals surface area contributed by atoms with Gasteiger partial charge in [-0.25, -0.2) is 0 Å². The van der Waals surface area contributed by atoms with Crippen LogP contribution in [0.25, 0.3) is 0 Å². The largest absolute Gasteiger partial charge is 0.352 e. The second kappa shape index (κ2) is 9.33. The molecule has 1 aliphatic rings. The Labute approximate surface area is 150 Å². The second-order valence-corrected chi connectivity index (χ2v) is 7.62. The molecule has 2 N–H and O–H groups in total. The van der Waals surface area contributed by atoms with Crippen LogP contribution in [0.4, 0.5) is 0 Å². The number of hydrogen-bond acceptors (Lipinski definition) is 3. The summed E-state index contributed by atoms with van der Waals surface area (Å²) in [5, 5.41) is 5.97. The minimum atomic E-state index is -0.484. The van der Waals surface area contributed by atoms with Crippen molar-refractivity contribution < 1.29 is 9.59 Å². The van der Waals surface area contributed by atoms with Gasteiger partial charge in [0.2, 0.25) is 5.91 Å². The number of carbonyl (C=O) groups excluding carboxylic acids is 2. The van der Waals surface area contributed by atoms with Crippen LogP contribution in [0.2, 0.25) is 0 Å². The summed E-state index contributed by atoms with van der Waals surface area (Å²) in [5.74, 6) is 0.551. The molecule has 6 heteroatoms. The summed E-state index contributed by atoms with van der Waals surface area (Å²) in [6, 6.07) is 7.03. The lowest BCUT2D eigenvalue weighted by Crippen LogP contribution is -2.49. The number of carbonyl (C=O) groups is 2. The number of rotatable bonds is 7. The molecule has 126 valence electrons. The molecule has 23 heavy (non-hydrogen) atoms. The van der Waals surface area contributed by atoms with Crippen LogP contribution in [-0.4, -0.2) is 35.9 Å². The Hall–Kier alpha value is -1.01. The molecule has 2 rings (SSSR count). The maximum atomic E-state index is 12.5. The fraction of sp³-hybridized carbons (Fsp3) is 0.529. The van der Waals surface area contributed by atoms with Gasteiger partial charge < -0.3 is 10.6 Å². The highest BCUT2D eigenvalue weighted by atomic mass is 79.9. The summed E-state index contributed by atoms with van der Waals surface area (Å²) >= 11 is 5.06. The maximum Gasteiger partial charge on any atom is 0.253 e. The lowest BCUT2D eigenvalue weighted by atomic mass is 10.1. The Morgan fingerprint density at radius 1 is 1.30 bits per heavy atom. The summed E-state index contributed by atoms with van der Waals surface area (Å²) in [7, 11) is 0. The van der Waals surface area contributed by atoms with Gasteiger partial charge in [-0.1, -0.05) is 25.0 Å². The van der Waals surface area contributed by atoms with Crippen molar-refractivity contribution in [1.82, 2.24) is 10.6 Å². The average Bonchev–Trinajstić information content (AvgIpc) is 3.04. The van der Waals surface area contributed by atoms with Crippen molar-refractivity contribution in [3.63, 3.8) is 0 Å². The van der Waals surface area contributed by atoms with Crippen LogP contribution in [-0.2, 0) is 4.79 Å². The van der Waals surface area contributed by atoms with E-state index in [1.165, 1.54) is 12.8 Å². The van der Waals surface area contributed by atoms with Gasteiger partial charge in [-0.15, -0.1) is 0 Å². The molecule has 1 aromatic carbocycles. The maximum absolute atomic E-state index is 12.5. The highest BCUT2D eigenvalue weighted by molar-refractivity contribution is 9.10. The molecule has 1 atom stereocenters. The van der Waals surface area contributed by atoms with Crippen LogP contribution in [0.3, 0.4) is 0 Å². The van der Waals surface area contributed by atoms with Crippen molar-refractivity contribution in [3.8, 4) is 0 Å². The monoisotopic (exact) mass is 398 g/mol. The third kappa shape index (κ3) is 5.53. The van der Waals surface area contributed by atoms with E-state index < -0.39 is 6.04 Å². The normalized spacial score (nSPS) is 16.1. The Kier molecular flexibility index (Phi) is 7.43. The zero-order chi connectivity index (χ0) is 16.7. The molecule has 1 unspecified atom stereocenters. The Morgan fingerprint density at radius 2 is 2.00 bits per heavy atom. The summed E-state index contributed by atoms with van der Waals surface area (Å²) in [4.78, 5) is 25.0. The first kappa shape index (κ1) is 18.3. The van der Waals surface area contributed by atoms with E-state index in [2.05, 4.69) is 26.6 Å². The number of amides is 2. The molecule has 1 fully saturated rings. The summed E-state index contributed by atoms with van der Waals surface area (Å²) in [5.41, 5.74) is 0.551. The van der Waals surface area contributed by atoms with Crippen LogP contribution in [0.15, 0.2) is 28.7 Å². The fourth-order valence-corrected chi connectivity index (χ4v) is 3.69. The molecular weight excluding hydrogens is 376 g/mol. The van der Waals surface area contributed by atoms with Crippen molar-refractivity contribution in [2.75, 3.05) is 12.0 Å². The zero-order valence-electron chi connectivity index (χ0n) is 13.3. The molecule has 1 saturated carbocycles. The van der Waals surface area contributed by atoms with E-state index in [1.54, 1.807) is 17.8 Å². The first-order valence-corrected chi connectivity index (χ1v) is 10.1. The van der Waals surface area contributed by atoms with Gasteiger partial charge in [-0.05, 0) is 59.3 Å². The quantitative estimate of drug-likeness (QED) is 0.739. The van der Waals surface area contributed by atoms with E-state index in [0.29, 0.717) is 12.0 Å². The molecule has 1 aliphatic carbocycles. The van der Waals surface area contributed by atoms with Crippen molar-refractivity contribution >= 4 is 39.5 Å². The highest BCUT2D eigenvalue weighted by Crippen LogP contribution is 2.19. The lowest BCUT2D eigenvalue weighted by Gasteiger charge is -2.21. The topological polar surface area (TPSA) is 58.2 Å². The molecule has 0 radical (unpaired) electrons. The summed E-state index contributed by atoms with van der Waals surface area (Å²) in [6.07, 6.45) is 7.06. The third-order valence-electron chi connectivity index (χ3n) is 4.05. The van der Waals surface area contributed by atoms with Gasteiger partial charge in [0.15, 0.2) is 0 Å². The van der Waals surface area contributed by atoms with Crippen molar-refractivity contribution in [1.29, 1.82) is 0 Å². The smallest absolute Gasteiger partial charge is 0.253 e. The Morgan fingerprint density at radius 3 is 2.65 bits per heavy atom. The average molecular weight is 399 g/mol. The van der Waals surface area contributed by atoms with Gasteiger partial charge in [-0.2, -0.15) is 11.8 Å². The van der Waals surface area contributed by atoms with Crippen molar-refractivity contribution in [3.05, 3.63) is 34.3 Å². The number of nitrogens with one attached hydrogen (secondary N) is 2. The molecule has 0 aromatic heterocycles. The molecule has 0 bridgehead atoms. The fourth-order valence-electron chi connectivity index (χ4n) is 2.76. The van der Waals surface area contributed by atoms with Gasteiger partial charge in [-0.3, -0.25) is 9.59 Å². The standard InChI is InChI=1S/C17H23BrN2O2S/c1-23-11-10-15(17(22)19-12-6-2-3-7-12)20-16(21)13-8-4-5-9-14(13)18/h4-5,8-9,12,15H,2-3,6-7,10-11H2,1H3,(H,19,22)(H,20,21). The van der Waals surface area contributed by atoms with Gasteiger partial charge in [0.25, 0.3) is 5.91 Å². The van der Waals surface area contributed by atoms with E-state index in [1.807, 2.05) is 24.5 Å². The third-order valence-corrected chi connectivity index (χ3v) is 5.39. The van der Waals surface area contributed by atoms with Gasteiger partial charge >= 0.3 is 0 Å². The van der Waals surface area contributed by atoms with Crippen LogP contribution in [0.5, 0.6) is 0 Å². The van der Waals surface area contributed by atoms with Gasteiger partial charge in [0.1, 0.15) is 6.04 Å². The van der Waals surface area contributed by atoms with E-state index in [-0.39, 0.29) is 17.9 Å². The summed E-state index contributed by atoms with van der Waals surface area (Å²) < 4.78 is 0.734. The molecule has 2 amide bonds. The van der Waals surface area contributed by atoms with Crippen LogP contribution in [0, 0.1) is 0 Å². The van der Waals surface area contributed by atoms with Crippen LogP contribution >= 0.6 is 27.7 Å². The first-order valence-electron chi connectivity index (χ1n) is 7.96. The molecule has 0 aliphatic heterocycles. The molecular formula is C17H23BrN2O2S. The predicted octanol–water partition coefficient (Wildman–Crippen LogP) is 3.36. The molecule has 1 aromatic rings. The lowest BCUT2D eigenvalue weighted by molar-refractivity contribution is -0.123. The zero-order valence-corrected chi connectivity index (χ0v) is 15.7. The molecule has 0 saturated heterocycles. The number of benzene rings is 1. The number of halogens is 1. The van der Waals surface area contributed by atoms with E-state index >= 15 is 0 Å².